The number of fused-ring (bicyclic) bond motifs is 1. The number of anilines is 1. The van der Waals surface area contributed by atoms with Crippen LogP contribution in [-0.2, 0) is 0 Å². The second kappa shape index (κ2) is 4.31. The summed E-state index contributed by atoms with van der Waals surface area (Å²) in [5.74, 6) is 0.835. The van der Waals surface area contributed by atoms with Gasteiger partial charge >= 0.3 is 0 Å². The molecular weight excluding hydrogens is 198 g/mol. The highest BCUT2D eigenvalue weighted by Gasteiger charge is 2.03. The number of nitrogens with one attached hydrogen (secondary N) is 1. The SMILES string of the molecule is C=C(C)CNc1nc2ccccc2nc1C. The van der Waals surface area contributed by atoms with Gasteiger partial charge in [-0.15, -0.1) is 0 Å². The molecule has 0 aliphatic carbocycles. The molecule has 82 valence electrons. The summed E-state index contributed by atoms with van der Waals surface area (Å²) in [6, 6.07) is 7.87. The van der Waals surface area contributed by atoms with Gasteiger partial charge in [-0.3, -0.25) is 0 Å². The quantitative estimate of drug-likeness (QED) is 0.796. The zero-order chi connectivity index (χ0) is 11.5. The van der Waals surface area contributed by atoms with Crippen molar-refractivity contribution >= 4 is 16.9 Å². The zero-order valence-electron chi connectivity index (χ0n) is 9.62. The van der Waals surface area contributed by atoms with Crippen molar-refractivity contribution in [2.24, 2.45) is 0 Å². The second-order valence-electron chi connectivity index (χ2n) is 3.96. The lowest BCUT2D eigenvalue weighted by Crippen LogP contribution is -2.06. The molecule has 1 aromatic heterocycles. The van der Waals surface area contributed by atoms with Crippen molar-refractivity contribution in [3.8, 4) is 0 Å². The molecule has 0 saturated carbocycles. The molecule has 2 rings (SSSR count). The van der Waals surface area contributed by atoms with E-state index in [1.165, 1.54) is 0 Å². The normalized spacial score (nSPS) is 10.4. The van der Waals surface area contributed by atoms with Crippen molar-refractivity contribution in [3.63, 3.8) is 0 Å². The van der Waals surface area contributed by atoms with Crippen LogP contribution < -0.4 is 5.32 Å². The van der Waals surface area contributed by atoms with Gasteiger partial charge in [0.1, 0.15) is 5.82 Å². The van der Waals surface area contributed by atoms with Gasteiger partial charge in [-0.25, -0.2) is 9.97 Å². The molecule has 0 radical (unpaired) electrons. The van der Waals surface area contributed by atoms with Crippen LogP contribution in [0.15, 0.2) is 36.4 Å². The maximum atomic E-state index is 4.53. The number of aryl methyl sites for hydroxylation is 1. The number of hydrogen-bond acceptors (Lipinski definition) is 3. The monoisotopic (exact) mass is 213 g/mol. The van der Waals surface area contributed by atoms with E-state index in [9.17, 15) is 0 Å². The predicted octanol–water partition coefficient (Wildman–Crippen LogP) is 2.93. The van der Waals surface area contributed by atoms with Gasteiger partial charge < -0.3 is 5.32 Å². The lowest BCUT2D eigenvalue weighted by molar-refractivity contribution is 1.12. The Labute approximate surface area is 95.2 Å². The first-order valence-electron chi connectivity index (χ1n) is 5.28. The molecule has 0 spiro atoms. The van der Waals surface area contributed by atoms with E-state index in [-0.39, 0.29) is 0 Å². The van der Waals surface area contributed by atoms with Crippen molar-refractivity contribution in [2.45, 2.75) is 13.8 Å². The molecule has 3 heteroatoms. The summed E-state index contributed by atoms with van der Waals surface area (Å²) in [5, 5.41) is 3.23. The predicted molar refractivity (Wildman–Crippen MR) is 67.6 cm³/mol. The van der Waals surface area contributed by atoms with Gasteiger partial charge in [-0.1, -0.05) is 24.3 Å². The van der Waals surface area contributed by atoms with Crippen molar-refractivity contribution < 1.29 is 0 Å². The van der Waals surface area contributed by atoms with Crippen molar-refractivity contribution in [1.82, 2.24) is 9.97 Å². The third kappa shape index (κ3) is 2.19. The van der Waals surface area contributed by atoms with Crippen LogP contribution in [0.5, 0.6) is 0 Å². The molecule has 0 fully saturated rings. The molecule has 1 heterocycles. The Hall–Kier alpha value is -1.90. The van der Waals surface area contributed by atoms with Gasteiger partial charge in [0.05, 0.1) is 16.7 Å². The summed E-state index contributed by atoms with van der Waals surface area (Å²) in [6.45, 7) is 8.52. The number of hydrogen-bond donors (Lipinski definition) is 1. The molecule has 0 amide bonds. The fraction of sp³-hybridized carbons (Fsp3) is 0.231. The molecular formula is C13H15N3. The highest BCUT2D eigenvalue weighted by Crippen LogP contribution is 2.15. The van der Waals surface area contributed by atoms with E-state index in [2.05, 4.69) is 21.9 Å². The van der Waals surface area contributed by atoms with Crippen LogP contribution in [-0.4, -0.2) is 16.5 Å². The van der Waals surface area contributed by atoms with Crippen LogP contribution in [0.2, 0.25) is 0 Å². The molecule has 3 nitrogen and oxygen atoms in total. The summed E-state index contributed by atoms with van der Waals surface area (Å²) >= 11 is 0. The van der Waals surface area contributed by atoms with Gasteiger partial charge in [0.25, 0.3) is 0 Å². The van der Waals surface area contributed by atoms with Crippen LogP contribution in [0, 0.1) is 6.92 Å². The second-order valence-corrected chi connectivity index (χ2v) is 3.96. The minimum atomic E-state index is 0.730. The van der Waals surface area contributed by atoms with Crippen molar-refractivity contribution in [1.29, 1.82) is 0 Å². The highest BCUT2D eigenvalue weighted by molar-refractivity contribution is 5.76. The van der Waals surface area contributed by atoms with E-state index in [0.29, 0.717) is 0 Å². The molecule has 1 N–H and O–H groups in total. The van der Waals surface area contributed by atoms with Crippen LogP contribution in [0.1, 0.15) is 12.6 Å². The number of aromatic nitrogens is 2. The Morgan fingerprint density at radius 1 is 1.25 bits per heavy atom. The van der Waals surface area contributed by atoms with E-state index in [0.717, 1.165) is 34.7 Å². The summed E-state index contributed by atoms with van der Waals surface area (Å²) in [5.41, 5.74) is 3.84. The number of rotatable bonds is 3. The largest absolute Gasteiger partial charge is 0.365 e. The summed E-state index contributed by atoms with van der Waals surface area (Å²) < 4.78 is 0. The van der Waals surface area contributed by atoms with Gasteiger partial charge in [-0.2, -0.15) is 0 Å². The highest BCUT2D eigenvalue weighted by atomic mass is 15.0. The first-order valence-corrected chi connectivity index (χ1v) is 5.28. The zero-order valence-corrected chi connectivity index (χ0v) is 9.62. The molecule has 2 aromatic rings. The molecule has 1 aromatic carbocycles. The minimum absolute atomic E-state index is 0.730. The molecule has 0 atom stereocenters. The van der Waals surface area contributed by atoms with Gasteiger partial charge in [0, 0.05) is 6.54 Å². The van der Waals surface area contributed by atoms with E-state index in [1.807, 2.05) is 38.1 Å². The molecule has 0 aliphatic rings. The van der Waals surface area contributed by atoms with Gasteiger partial charge in [-0.05, 0) is 26.0 Å². The van der Waals surface area contributed by atoms with E-state index in [4.69, 9.17) is 0 Å². The van der Waals surface area contributed by atoms with Gasteiger partial charge in [0.15, 0.2) is 0 Å². The Balaban J connectivity index is 2.38. The fourth-order valence-corrected chi connectivity index (χ4v) is 1.49. The topological polar surface area (TPSA) is 37.8 Å². The third-order valence-corrected chi connectivity index (χ3v) is 2.30. The Morgan fingerprint density at radius 2 is 1.88 bits per heavy atom. The molecule has 0 unspecified atom stereocenters. The van der Waals surface area contributed by atoms with Crippen molar-refractivity contribution in [3.05, 3.63) is 42.1 Å². The molecule has 16 heavy (non-hydrogen) atoms. The van der Waals surface area contributed by atoms with Crippen LogP contribution >= 0.6 is 0 Å². The summed E-state index contributed by atoms with van der Waals surface area (Å²) in [7, 11) is 0. The lowest BCUT2D eigenvalue weighted by Gasteiger charge is -2.08. The first-order chi connectivity index (χ1) is 7.66. The van der Waals surface area contributed by atoms with Gasteiger partial charge in [0.2, 0.25) is 0 Å². The first kappa shape index (κ1) is 10.6. The maximum Gasteiger partial charge on any atom is 0.148 e. The van der Waals surface area contributed by atoms with E-state index in [1.54, 1.807) is 0 Å². The third-order valence-electron chi connectivity index (χ3n) is 2.30. The van der Waals surface area contributed by atoms with Crippen LogP contribution in [0.3, 0.4) is 0 Å². The van der Waals surface area contributed by atoms with Crippen molar-refractivity contribution in [2.75, 3.05) is 11.9 Å². The molecule has 0 bridgehead atoms. The minimum Gasteiger partial charge on any atom is -0.365 e. The summed E-state index contributed by atoms with van der Waals surface area (Å²) in [6.07, 6.45) is 0. The van der Waals surface area contributed by atoms with Crippen LogP contribution in [0.4, 0.5) is 5.82 Å². The summed E-state index contributed by atoms with van der Waals surface area (Å²) in [4.78, 5) is 9.03. The number of para-hydroxylation sites is 2. The average Bonchev–Trinajstić information content (AvgIpc) is 2.26. The lowest BCUT2D eigenvalue weighted by atomic mass is 10.3. The van der Waals surface area contributed by atoms with E-state index >= 15 is 0 Å². The van der Waals surface area contributed by atoms with Crippen LogP contribution in [0.25, 0.3) is 11.0 Å². The Bertz CT molecular complexity index is 532. The Kier molecular flexibility index (Phi) is 2.86. The molecule has 0 aliphatic heterocycles. The smallest absolute Gasteiger partial charge is 0.148 e. The van der Waals surface area contributed by atoms with E-state index < -0.39 is 0 Å². The number of nitrogens with zero attached hydrogens (tertiary/aromatic N) is 2. The maximum absolute atomic E-state index is 4.53. The Morgan fingerprint density at radius 3 is 2.50 bits per heavy atom. The molecule has 0 saturated heterocycles. The average molecular weight is 213 g/mol. The number of benzene rings is 1. The standard InChI is InChI=1S/C13H15N3/c1-9(2)8-14-13-10(3)15-11-6-4-5-7-12(11)16-13/h4-7H,1,8H2,2-3H3,(H,14,16). The fourth-order valence-electron chi connectivity index (χ4n) is 1.49.